The van der Waals surface area contributed by atoms with Crippen molar-refractivity contribution >= 4 is 45.0 Å². The maximum atomic E-state index is 16.6. The second-order valence-corrected chi connectivity index (χ2v) is 11.6. The Morgan fingerprint density at radius 1 is 1.12 bits per heavy atom. The summed E-state index contributed by atoms with van der Waals surface area (Å²) >= 11 is 6.38. The van der Waals surface area contributed by atoms with E-state index < -0.39 is 17.8 Å². The third kappa shape index (κ3) is 5.38. The summed E-state index contributed by atoms with van der Waals surface area (Å²) in [5.74, 6) is -0.920. The second-order valence-electron chi connectivity index (χ2n) is 11.2. The number of carbonyl (C=O) groups excluding carboxylic acids is 1. The zero-order chi connectivity index (χ0) is 30.4. The van der Waals surface area contributed by atoms with Gasteiger partial charge in [-0.1, -0.05) is 48.5 Å². The zero-order valence-corrected chi connectivity index (χ0v) is 24.6. The Morgan fingerprint density at radius 3 is 2.65 bits per heavy atom. The van der Waals surface area contributed by atoms with Crippen molar-refractivity contribution in [1.82, 2.24) is 19.8 Å². The van der Waals surface area contributed by atoms with Gasteiger partial charge in [0.15, 0.2) is 5.82 Å². The number of amides is 1. The predicted molar refractivity (Wildman–Crippen MR) is 162 cm³/mol. The first-order chi connectivity index (χ1) is 20.7. The van der Waals surface area contributed by atoms with Gasteiger partial charge in [0, 0.05) is 54.6 Å². The molecule has 3 heterocycles. The van der Waals surface area contributed by atoms with Crippen LogP contribution >= 0.6 is 11.6 Å². The number of fused-ring (bicyclic) bond motifs is 2. The van der Waals surface area contributed by atoms with E-state index >= 15 is 4.39 Å². The van der Waals surface area contributed by atoms with E-state index in [9.17, 15) is 13.6 Å². The van der Waals surface area contributed by atoms with E-state index in [4.69, 9.17) is 21.3 Å². The second kappa shape index (κ2) is 11.7. The standard InChI is InChI=1S/C32H31ClF3N5O2/c1-4-26(42)40-12-13-41(18(2)15-40)31-24-10-9-23(22-7-5-6-19-8-11-25(35)28(33)27(19)22)29(36)30(24)37-32(38-31)43-17-21-14-20(34)16-39(21)3/h4-11,18,20-21H,1,12-17H2,2-3H3/t18-,20+,21-/m0/s1. The van der Waals surface area contributed by atoms with Crippen molar-refractivity contribution in [3.63, 3.8) is 0 Å². The normalized spacial score (nSPS) is 21.1. The van der Waals surface area contributed by atoms with Crippen molar-refractivity contribution in [3.8, 4) is 17.1 Å². The Balaban J connectivity index is 1.46. The van der Waals surface area contributed by atoms with Gasteiger partial charge in [-0.2, -0.15) is 9.97 Å². The molecular weight excluding hydrogens is 579 g/mol. The van der Waals surface area contributed by atoms with Gasteiger partial charge in [-0.15, -0.1) is 0 Å². The van der Waals surface area contributed by atoms with E-state index in [-0.39, 0.29) is 46.7 Å². The topological polar surface area (TPSA) is 61.8 Å². The van der Waals surface area contributed by atoms with Gasteiger partial charge < -0.3 is 14.5 Å². The molecule has 0 spiro atoms. The number of hydrogen-bond donors (Lipinski definition) is 0. The van der Waals surface area contributed by atoms with Crippen molar-refractivity contribution in [1.29, 1.82) is 0 Å². The number of halogens is 4. The van der Waals surface area contributed by atoms with Gasteiger partial charge in [-0.05, 0) is 49.6 Å². The molecule has 43 heavy (non-hydrogen) atoms. The molecule has 2 aliphatic heterocycles. The van der Waals surface area contributed by atoms with Crippen LogP contribution in [0.5, 0.6) is 6.01 Å². The van der Waals surface area contributed by atoms with E-state index in [1.165, 1.54) is 12.1 Å². The van der Waals surface area contributed by atoms with Crippen LogP contribution in [-0.4, -0.2) is 83.8 Å². The van der Waals surface area contributed by atoms with Crippen LogP contribution in [0.2, 0.25) is 5.02 Å². The molecule has 2 fully saturated rings. The van der Waals surface area contributed by atoms with Crippen LogP contribution in [0, 0.1) is 11.6 Å². The van der Waals surface area contributed by atoms with Gasteiger partial charge >= 0.3 is 6.01 Å². The van der Waals surface area contributed by atoms with E-state index in [0.29, 0.717) is 60.1 Å². The smallest absolute Gasteiger partial charge is 0.319 e. The maximum Gasteiger partial charge on any atom is 0.319 e. The SMILES string of the molecule is C=CC(=O)N1CCN(c2nc(OC[C@@H]3C[C@@H](F)CN3C)nc3c(F)c(-c4cccc5ccc(F)c(Cl)c45)ccc23)[C@@H](C)C1. The van der Waals surface area contributed by atoms with Gasteiger partial charge in [0.25, 0.3) is 0 Å². The van der Waals surface area contributed by atoms with E-state index in [2.05, 4.69) is 11.6 Å². The molecule has 1 aromatic heterocycles. The van der Waals surface area contributed by atoms with Gasteiger partial charge in [0.2, 0.25) is 5.91 Å². The lowest BCUT2D eigenvalue weighted by Crippen LogP contribution is -2.53. The number of carbonyl (C=O) groups is 1. The van der Waals surface area contributed by atoms with Crippen molar-refractivity contribution in [2.75, 3.05) is 44.7 Å². The number of alkyl halides is 1. The molecule has 6 rings (SSSR count). The first kappa shape index (κ1) is 29.2. The zero-order valence-electron chi connectivity index (χ0n) is 23.9. The van der Waals surface area contributed by atoms with Crippen LogP contribution in [0.3, 0.4) is 0 Å². The Bertz CT molecular complexity index is 1740. The molecule has 7 nitrogen and oxygen atoms in total. The summed E-state index contributed by atoms with van der Waals surface area (Å²) < 4.78 is 51.1. The highest BCUT2D eigenvalue weighted by molar-refractivity contribution is 6.37. The molecule has 3 atom stereocenters. The number of ether oxygens (including phenoxy) is 1. The largest absolute Gasteiger partial charge is 0.462 e. The quantitative estimate of drug-likeness (QED) is 0.249. The summed E-state index contributed by atoms with van der Waals surface area (Å²) in [6.07, 6.45) is 0.669. The summed E-state index contributed by atoms with van der Waals surface area (Å²) in [4.78, 5) is 27.1. The number of aromatic nitrogens is 2. The van der Waals surface area contributed by atoms with Gasteiger partial charge in [-0.3, -0.25) is 9.69 Å². The molecule has 0 unspecified atom stereocenters. The fourth-order valence-electron chi connectivity index (χ4n) is 6.13. The first-order valence-electron chi connectivity index (χ1n) is 14.2. The lowest BCUT2D eigenvalue weighted by Gasteiger charge is -2.40. The lowest BCUT2D eigenvalue weighted by atomic mass is 9.96. The Kier molecular flexibility index (Phi) is 7.91. The number of piperazine rings is 1. The minimum Gasteiger partial charge on any atom is -0.462 e. The Hall–Kier alpha value is -3.89. The minimum absolute atomic E-state index is 0.0296. The number of likely N-dealkylation sites (tertiary alicyclic amines) is 1. The predicted octanol–water partition coefficient (Wildman–Crippen LogP) is 6.03. The molecule has 0 N–H and O–H groups in total. The molecule has 11 heteroatoms. The molecule has 2 aliphatic rings. The molecule has 0 radical (unpaired) electrons. The van der Waals surface area contributed by atoms with Crippen LogP contribution < -0.4 is 9.64 Å². The van der Waals surface area contributed by atoms with Crippen molar-refractivity contribution in [3.05, 3.63) is 71.8 Å². The van der Waals surface area contributed by atoms with E-state index in [1.807, 2.05) is 23.8 Å². The minimum atomic E-state index is -0.945. The van der Waals surface area contributed by atoms with Gasteiger partial charge in [-0.25, -0.2) is 13.2 Å². The fraction of sp³-hybridized carbons (Fsp3) is 0.344. The molecule has 2 saturated heterocycles. The summed E-state index contributed by atoms with van der Waals surface area (Å²) in [5.41, 5.74) is 0.656. The molecule has 0 saturated carbocycles. The monoisotopic (exact) mass is 609 g/mol. The Labute approximate surface area is 252 Å². The average molecular weight is 610 g/mol. The maximum absolute atomic E-state index is 16.6. The molecule has 0 bridgehead atoms. The van der Waals surface area contributed by atoms with E-state index in [0.717, 1.165) is 0 Å². The number of nitrogens with zero attached hydrogens (tertiary/aromatic N) is 5. The summed E-state index contributed by atoms with van der Waals surface area (Å²) in [6.45, 7) is 7.31. The number of benzene rings is 3. The van der Waals surface area contributed by atoms with Crippen LogP contribution in [-0.2, 0) is 4.79 Å². The van der Waals surface area contributed by atoms with Crippen molar-refractivity contribution in [2.24, 2.45) is 0 Å². The molecule has 0 aliphatic carbocycles. The van der Waals surface area contributed by atoms with Crippen molar-refractivity contribution in [2.45, 2.75) is 31.6 Å². The number of anilines is 1. The van der Waals surface area contributed by atoms with Crippen LogP contribution in [0.15, 0.2) is 55.1 Å². The lowest BCUT2D eigenvalue weighted by molar-refractivity contribution is -0.126. The van der Waals surface area contributed by atoms with Crippen LogP contribution in [0.4, 0.5) is 19.0 Å². The third-order valence-corrected chi connectivity index (χ3v) is 8.79. The van der Waals surface area contributed by atoms with Gasteiger partial charge in [0.1, 0.15) is 29.9 Å². The average Bonchev–Trinajstić information content (AvgIpc) is 3.33. The van der Waals surface area contributed by atoms with Crippen molar-refractivity contribution < 1.29 is 22.7 Å². The van der Waals surface area contributed by atoms with Gasteiger partial charge in [0.05, 0.1) is 5.02 Å². The molecular formula is C32H31ClF3N5O2. The fourth-order valence-corrected chi connectivity index (χ4v) is 6.40. The molecule has 3 aromatic carbocycles. The number of rotatable bonds is 6. The molecule has 4 aromatic rings. The van der Waals surface area contributed by atoms with Crippen LogP contribution in [0.25, 0.3) is 32.8 Å². The summed E-state index contributed by atoms with van der Waals surface area (Å²) in [5, 5.41) is 1.44. The summed E-state index contributed by atoms with van der Waals surface area (Å²) in [7, 11) is 1.83. The Morgan fingerprint density at radius 2 is 1.93 bits per heavy atom. The summed E-state index contributed by atoms with van der Waals surface area (Å²) in [6, 6.07) is 11.1. The third-order valence-electron chi connectivity index (χ3n) is 8.42. The highest BCUT2D eigenvalue weighted by Crippen LogP contribution is 2.40. The first-order valence-corrected chi connectivity index (χ1v) is 14.6. The molecule has 1 amide bonds. The van der Waals surface area contributed by atoms with E-state index in [1.54, 1.807) is 41.3 Å². The number of hydrogen-bond acceptors (Lipinski definition) is 6. The highest BCUT2D eigenvalue weighted by atomic mass is 35.5. The molecule has 224 valence electrons. The number of likely N-dealkylation sites (N-methyl/N-ethyl adjacent to an activating group) is 1. The van der Waals surface area contributed by atoms with Crippen LogP contribution in [0.1, 0.15) is 13.3 Å². The highest BCUT2D eigenvalue weighted by Gasteiger charge is 2.32.